The maximum Gasteiger partial charge on any atom is 0.308 e. The van der Waals surface area contributed by atoms with Crippen molar-refractivity contribution in [2.45, 2.75) is 38.5 Å². The Labute approximate surface area is 126 Å². The highest BCUT2D eigenvalue weighted by Gasteiger charge is 2.27. The average molecular weight is 286 g/mol. The lowest BCUT2D eigenvalue weighted by Gasteiger charge is -2.27. The van der Waals surface area contributed by atoms with Gasteiger partial charge in [-0.25, -0.2) is 4.79 Å². The van der Waals surface area contributed by atoms with E-state index in [-0.39, 0.29) is 11.9 Å². The molecule has 0 spiro atoms. The molecule has 0 aliphatic heterocycles. The zero-order chi connectivity index (χ0) is 15.1. The van der Waals surface area contributed by atoms with Crippen molar-refractivity contribution in [1.82, 2.24) is 0 Å². The Balaban J connectivity index is 1.84. The SMILES string of the molecule is COC(=O)C1CCC(CC(=C=O)Cc2ccccc2)CC1. The fraction of sp³-hybridized carbons (Fsp3) is 0.500. The topological polar surface area (TPSA) is 43.4 Å². The smallest absolute Gasteiger partial charge is 0.308 e. The van der Waals surface area contributed by atoms with Crippen LogP contribution in [0.2, 0.25) is 0 Å². The first-order chi connectivity index (χ1) is 10.2. The van der Waals surface area contributed by atoms with Crippen LogP contribution >= 0.6 is 0 Å². The number of benzene rings is 1. The Morgan fingerprint density at radius 2 is 1.86 bits per heavy atom. The second-order valence-electron chi connectivity index (χ2n) is 5.81. The van der Waals surface area contributed by atoms with Crippen molar-refractivity contribution in [1.29, 1.82) is 0 Å². The summed E-state index contributed by atoms with van der Waals surface area (Å²) in [6.45, 7) is 0. The van der Waals surface area contributed by atoms with Crippen LogP contribution in [0, 0.1) is 11.8 Å². The predicted molar refractivity (Wildman–Crippen MR) is 81.4 cm³/mol. The van der Waals surface area contributed by atoms with Crippen LogP contribution in [-0.4, -0.2) is 19.0 Å². The lowest BCUT2D eigenvalue weighted by atomic mass is 9.79. The molecule has 1 fully saturated rings. The number of methoxy groups -OCH3 is 1. The zero-order valence-electron chi connectivity index (χ0n) is 12.5. The van der Waals surface area contributed by atoms with Crippen molar-refractivity contribution in [3.05, 3.63) is 41.5 Å². The molecule has 1 saturated carbocycles. The first kappa shape index (κ1) is 15.5. The van der Waals surface area contributed by atoms with Gasteiger partial charge in [-0.15, -0.1) is 0 Å². The number of ether oxygens (including phenoxy) is 1. The maximum atomic E-state index is 11.5. The molecule has 1 aromatic rings. The molecular formula is C18H22O3. The van der Waals surface area contributed by atoms with E-state index in [9.17, 15) is 9.59 Å². The van der Waals surface area contributed by atoms with Crippen LogP contribution in [-0.2, 0) is 20.7 Å². The van der Waals surface area contributed by atoms with Gasteiger partial charge in [0.25, 0.3) is 0 Å². The normalized spacial score (nSPS) is 21.4. The second-order valence-corrected chi connectivity index (χ2v) is 5.81. The highest BCUT2D eigenvalue weighted by atomic mass is 16.5. The van der Waals surface area contributed by atoms with Crippen LogP contribution in [0.25, 0.3) is 0 Å². The number of allylic oxidation sites excluding steroid dienone is 1. The van der Waals surface area contributed by atoms with Gasteiger partial charge in [-0.2, -0.15) is 0 Å². The van der Waals surface area contributed by atoms with Crippen molar-refractivity contribution in [2.24, 2.45) is 11.8 Å². The Morgan fingerprint density at radius 3 is 2.43 bits per heavy atom. The molecule has 0 saturated heterocycles. The van der Waals surface area contributed by atoms with Crippen molar-refractivity contribution < 1.29 is 14.3 Å². The van der Waals surface area contributed by atoms with E-state index in [2.05, 4.69) is 5.94 Å². The first-order valence-electron chi connectivity index (χ1n) is 7.57. The van der Waals surface area contributed by atoms with Gasteiger partial charge >= 0.3 is 5.97 Å². The summed E-state index contributed by atoms with van der Waals surface area (Å²) in [5.41, 5.74) is 1.99. The second kappa shape index (κ2) is 7.80. The van der Waals surface area contributed by atoms with Gasteiger partial charge in [0.05, 0.1) is 13.0 Å². The molecule has 0 bridgehead atoms. The number of esters is 1. The first-order valence-corrected chi connectivity index (χ1v) is 7.57. The monoisotopic (exact) mass is 286 g/mol. The Bertz CT molecular complexity index is 507. The average Bonchev–Trinajstić information content (AvgIpc) is 2.55. The van der Waals surface area contributed by atoms with Crippen LogP contribution in [0.4, 0.5) is 0 Å². The van der Waals surface area contributed by atoms with Gasteiger partial charge in [-0.1, -0.05) is 30.3 Å². The molecule has 1 aliphatic carbocycles. The van der Waals surface area contributed by atoms with Crippen LogP contribution in [0.1, 0.15) is 37.7 Å². The van der Waals surface area contributed by atoms with Gasteiger partial charge < -0.3 is 4.74 Å². The van der Waals surface area contributed by atoms with Crippen LogP contribution in [0.3, 0.4) is 0 Å². The van der Waals surface area contributed by atoms with Gasteiger partial charge in [0.2, 0.25) is 0 Å². The van der Waals surface area contributed by atoms with E-state index in [1.54, 1.807) is 0 Å². The fourth-order valence-electron chi connectivity index (χ4n) is 3.11. The summed E-state index contributed by atoms with van der Waals surface area (Å²) < 4.78 is 4.80. The number of hydrogen-bond donors (Lipinski definition) is 0. The molecular weight excluding hydrogens is 264 g/mol. The van der Waals surface area contributed by atoms with Crippen molar-refractivity contribution >= 4 is 11.9 Å². The molecule has 0 heterocycles. The van der Waals surface area contributed by atoms with Crippen molar-refractivity contribution in [3.63, 3.8) is 0 Å². The summed E-state index contributed by atoms with van der Waals surface area (Å²) in [5, 5.41) is 0. The Morgan fingerprint density at radius 1 is 1.19 bits per heavy atom. The molecule has 0 radical (unpaired) electrons. The van der Waals surface area contributed by atoms with Gasteiger partial charge in [0, 0.05) is 12.0 Å². The van der Waals surface area contributed by atoms with Crippen LogP contribution in [0.5, 0.6) is 0 Å². The standard InChI is InChI=1S/C18H22O3/c1-21-18(20)17-9-7-15(8-10-17)12-16(13-19)11-14-5-3-2-4-6-14/h2-6,15,17H,7-12H2,1H3. The molecule has 3 nitrogen and oxygen atoms in total. The molecule has 0 atom stereocenters. The Hall–Kier alpha value is -1.86. The van der Waals surface area contributed by atoms with Crippen molar-refractivity contribution in [3.8, 4) is 0 Å². The minimum atomic E-state index is -0.0936. The minimum absolute atomic E-state index is 0.0454. The van der Waals surface area contributed by atoms with E-state index < -0.39 is 0 Å². The largest absolute Gasteiger partial charge is 0.469 e. The lowest BCUT2D eigenvalue weighted by molar-refractivity contribution is -0.146. The highest BCUT2D eigenvalue weighted by molar-refractivity contribution is 5.72. The summed E-state index contributed by atoms with van der Waals surface area (Å²) in [5.74, 6) is 2.56. The number of carbonyl (C=O) groups excluding carboxylic acids is 2. The van der Waals surface area contributed by atoms with E-state index in [1.807, 2.05) is 30.3 Å². The quantitative estimate of drug-likeness (QED) is 0.616. The third-order valence-electron chi connectivity index (χ3n) is 4.32. The minimum Gasteiger partial charge on any atom is -0.469 e. The van der Waals surface area contributed by atoms with E-state index in [1.165, 1.54) is 7.11 Å². The van der Waals surface area contributed by atoms with E-state index >= 15 is 0 Å². The molecule has 0 unspecified atom stereocenters. The third kappa shape index (κ3) is 4.57. The lowest BCUT2D eigenvalue weighted by Crippen LogP contribution is -2.23. The molecule has 3 heteroatoms. The van der Waals surface area contributed by atoms with E-state index in [0.717, 1.165) is 43.2 Å². The van der Waals surface area contributed by atoms with Crippen LogP contribution < -0.4 is 0 Å². The molecule has 112 valence electrons. The maximum absolute atomic E-state index is 11.5. The molecule has 2 rings (SSSR count). The summed E-state index contributed by atoms with van der Waals surface area (Å²) in [4.78, 5) is 22.7. The van der Waals surface area contributed by atoms with Crippen LogP contribution in [0.15, 0.2) is 35.9 Å². The third-order valence-corrected chi connectivity index (χ3v) is 4.32. The summed E-state index contributed by atoms with van der Waals surface area (Å²) in [6, 6.07) is 10.0. The van der Waals surface area contributed by atoms with E-state index in [4.69, 9.17) is 4.74 Å². The summed E-state index contributed by atoms with van der Waals surface area (Å²) in [7, 11) is 1.45. The van der Waals surface area contributed by atoms with Gasteiger partial charge in [0.15, 0.2) is 0 Å². The van der Waals surface area contributed by atoms with E-state index in [0.29, 0.717) is 12.3 Å². The molecule has 1 aromatic carbocycles. The number of carbonyl (C=O) groups is 1. The molecule has 0 amide bonds. The summed E-state index contributed by atoms with van der Waals surface area (Å²) >= 11 is 0. The molecule has 1 aliphatic rings. The van der Waals surface area contributed by atoms with Gasteiger partial charge in [0.1, 0.15) is 5.94 Å². The zero-order valence-corrected chi connectivity index (χ0v) is 12.5. The summed E-state index contributed by atoms with van der Waals surface area (Å²) in [6.07, 6.45) is 5.19. The van der Waals surface area contributed by atoms with Gasteiger partial charge in [-0.3, -0.25) is 4.79 Å². The molecule has 21 heavy (non-hydrogen) atoms. The van der Waals surface area contributed by atoms with Gasteiger partial charge in [-0.05, 0) is 43.6 Å². The highest BCUT2D eigenvalue weighted by Crippen LogP contribution is 2.33. The Kier molecular flexibility index (Phi) is 5.77. The fourth-order valence-corrected chi connectivity index (χ4v) is 3.11. The predicted octanol–water partition coefficient (Wildman–Crippen LogP) is 3.36. The van der Waals surface area contributed by atoms with Crippen molar-refractivity contribution in [2.75, 3.05) is 7.11 Å². The molecule has 0 aromatic heterocycles. The number of hydrogen-bond acceptors (Lipinski definition) is 3. The number of rotatable bonds is 5. The molecule has 0 N–H and O–H groups in total.